The van der Waals surface area contributed by atoms with Gasteiger partial charge in [-0.05, 0) is 63.4 Å². The molecule has 7 nitrogen and oxygen atoms in total. The number of guanidine groups is 1. The number of benzene rings is 1. The summed E-state index contributed by atoms with van der Waals surface area (Å²) < 4.78 is 5.62. The predicted octanol–water partition coefficient (Wildman–Crippen LogP) is 2.63. The number of ether oxygens (including phenoxy) is 1. The van der Waals surface area contributed by atoms with Crippen LogP contribution >= 0.6 is 0 Å². The van der Waals surface area contributed by atoms with E-state index >= 15 is 0 Å². The van der Waals surface area contributed by atoms with Gasteiger partial charge in [-0.3, -0.25) is 9.79 Å². The van der Waals surface area contributed by atoms with Crippen LogP contribution in [0.3, 0.4) is 0 Å². The first-order chi connectivity index (χ1) is 15.0. The molecule has 174 valence electrons. The minimum absolute atomic E-state index is 0.0383. The summed E-state index contributed by atoms with van der Waals surface area (Å²) in [5, 5.41) is 9.88. The molecule has 0 aromatic heterocycles. The number of nitrogens with zero attached hydrogens (tertiary/aromatic N) is 2. The Balaban J connectivity index is 1.84. The van der Waals surface area contributed by atoms with Crippen molar-refractivity contribution >= 4 is 11.9 Å². The van der Waals surface area contributed by atoms with E-state index in [1.807, 2.05) is 50.2 Å². The Morgan fingerprint density at radius 3 is 2.65 bits per heavy atom. The van der Waals surface area contributed by atoms with Gasteiger partial charge in [-0.25, -0.2) is 0 Å². The molecule has 1 aromatic rings. The third-order valence-electron chi connectivity index (χ3n) is 5.99. The molecule has 7 heteroatoms. The minimum atomic E-state index is -0.0383. The maximum Gasteiger partial charge on any atom is 0.251 e. The summed E-state index contributed by atoms with van der Waals surface area (Å²) >= 11 is 0. The number of nitrogens with one attached hydrogen (secondary N) is 3. The lowest BCUT2D eigenvalue weighted by molar-refractivity contribution is 0.0951. The lowest BCUT2D eigenvalue weighted by Crippen LogP contribution is -2.43. The highest BCUT2D eigenvalue weighted by Gasteiger charge is 2.33. The zero-order valence-electron chi connectivity index (χ0n) is 19.8. The molecule has 2 rings (SSSR count). The predicted molar refractivity (Wildman–Crippen MR) is 128 cm³/mol. The molecule has 1 aromatic carbocycles. The first-order valence-corrected chi connectivity index (χ1v) is 11.5. The maximum atomic E-state index is 12.4. The van der Waals surface area contributed by atoms with Crippen LogP contribution in [0, 0.1) is 5.41 Å². The molecule has 0 radical (unpaired) electrons. The molecule has 1 amide bonds. The Labute approximate surface area is 188 Å². The van der Waals surface area contributed by atoms with Gasteiger partial charge >= 0.3 is 0 Å². The van der Waals surface area contributed by atoms with Crippen LogP contribution in [0.5, 0.6) is 0 Å². The van der Waals surface area contributed by atoms with Crippen molar-refractivity contribution in [1.29, 1.82) is 0 Å². The molecule has 1 saturated carbocycles. The average molecular weight is 432 g/mol. The van der Waals surface area contributed by atoms with Gasteiger partial charge in [0.2, 0.25) is 0 Å². The molecule has 0 unspecified atom stereocenters. The van der Waals surface area contributed by atoms with Gasteiger partial charge in [0.25, 0.3) is 5.91 Å². The topological polar surface area (TPSA) is 78.0 Å². The smallest absolute Gasteiger partial charge is 0.251 e. The highest BCUT2D eigenvalue weighted by Crippen LogP contribution is 2.40. The van der Waals surface area contributed by atoms with Crippen molar-refractivity contribution in [3.05, 3.63) is 35.4 Å². The molecule has 0 saturated heterocycles. The number of amides is 1. The van der Waals surface area contributed by atoms with Gasteiger partial charge in [-0.2, -0.15) is 0 Å². The zero-order chi connectivity index (χ0) is 22.5. The average Bonchev–Trinajstić information content (AvgIpc) is 3.23. The summed E-state index contributed by atoms with van der Waals surface area (Å²) in [6.07, 6.45) is 6.17. The standard InChI is InChI=1S/C24H41N5O2/c1-5-31-16-13-24(11-6-7-12-24)19-28-23(25-2)27-18-20-9-8-10-21(17-20)22(30)26-14-15-29(3)4/h8-10,17H,5-7,11-16,18-19H2,1-4H3,(H,26,30)(H2,25,27,28). The maximum absolute atomic E-state index is 12.4. The quantitative estimate of drug-likeness (QED) is 0.269. The Morgan fingerprint density at radius 1 is 1.19 bits per heavy atom. The van der Waals surface area contributed by atoms with Gasteiger partial charge in [0.05, 0.1) is 0 Å². The van der Waals surface area contributed by atoms with E-state index in [1.54, 1.807) is 7.05 Å². The minimum Gasteiger partial charge on any atom is -0.382 e. The van der Waals surface area contributed by atoms with Gasteiger partial charge in [-0.1, -0.05) is 25.0 Å². The summed E-state index contributed by atoms with van der Waals surface area (Å²) in [7, 11) is 5.78. The zero-order valence-corrected chi connectivity index (χ0v) is 19.8. The van der Waals surface area contributed by atoms with Crippen LogP contribution in [0.15, 0.2) is 29.3 Å². The summed E-state index contributed by atoms with van der Waals surface area (Å²) in [5.74, 6) is 0.757. The first kappa shape index (κ1) is 25.1. The van der Waals surface area contributed by atoms with Crippen molar-refractivity contribution in [2.45, 2.75) is 45.6 Å². The Hall–Kier alpha value is -2.12. The van der Waals surface area contributed by atoms with Gasteiger partial charge < -0.3 is 25.6 Å². The molecular formula is C24H41N5O2. The Morgan fingerprint density at radius 2 is 1.97 bits per heavy atom. The second-order valence-electron chi connectivity index (χ2n) is 8.69. The molecule has 0 atom stereocenters. The van der Waals surface area contributed by atoms with Crippen LogP contribution in [-0.4, -0.2) is 70.8 Å². The van der Waals surface area contributed by atoms with E-state index in [-0.39, 0.29) is 5.91 Å². The lowest BCUT2D eigenvalue weighted by atomic mass is 9.83. The van der Waals surface area contributed by atoms with E-state index < -0.39 is 0 Å². The van der Waals surface area contributed by atoms with Crippen LogP contribution in [0.2, 0.25) is 0 Å². The third-order valence-corrected chi connectivity index (χ3v) is 5.99. The molecule has 3 N–H and O–H groups in total. The fraction of sp³-hybridized carbons (Fsp3) is 0.667. The van der Waals surface area contributed by atoms with Crippen LogP contribution in [0.25, 0.3) is 0 Å². The van der Waals surface area contributed by atoms with Gasteiger partial charge in [-0.15, -0.1) is 0 Å². The van der Waals surface area contributed by atoms with Crippen LogP contribution in [0.1, 0.15) is 54.9 Å². The number of carbonyl (C=O) groups excluding carboxylic acids is 1. The van der Waals surface area contributed by atoms with E-state index in [1.165, 1.54) is 25.7 Å². The molecule has 0 aliphatic heterocycles. The fourth-order valence-corrected chi connectivity index (χ4v) is 4.07. The monoisotopic (exact) mass is 431 g/mol. The van der Waals surface area contributed by atoms with E-state index in [0.717, 1.165) is 44.2 Å². The van der Waals surface area contributed by atoms with Gasteiger partial charge in [0, 0.05) is 52.0 Å². The van der Waals surface area contributed by atoms with Crippen molar-refractivity contribution in [3.63, 3.8) is 0 Å². The van der Waals surface area contributed by atoms with E-state index in [0.29, 0.717) is 24.1 Å². The molecular weight excluding hydrogens is 390 g/mol. The molecule has 0 spiro atoms. The lowest BCUT2D eigenvalue weighted by Gasteiger charge is -2.30. The van der Waals surface area contributed by atoms with E-state index in [9.17, 15) is 4.79 Å². The summed E-state index contributed by atoms with van der Waals surface area (Å²) in [6.45, 7) is 6.64. The highest BCUT2D eigenvalue weighted by atomic mass is 16.5. The number of likely N-dealkylation sites (N-methyl/N-ethyl adjacent to an activating group) is 1. The first-order valence-electron chi connectivity index (χ1n) is 11.5. The number of hydrogen-bond donors (Lipinski definition) is 3. The summed E-state index contributed by atoms with van der Waals surface area (Å²) in [6, 6.07) is 7.74. The summed E-state index contributed by atoms with van der Waals surface area (Å²) in [5.41, 5.74) is 2.04. The van der Waals surface area contributed by atoms with Crippen molar-refractivity contribution in [2.24, 2.45) is 10.4 Å². The fourth-order valence-electron chi connectivity index (χ4n) is 4.07. The Bertz CT molecular complexity index is 699. The van der Waals surface area contributed by atoms with Crippen LogP contribution in [-0.2, 0) is 11.3 Å². The number of carbonyl (C=O) groups is 1. The Kier molecular flexibility index (Phi) is 10.8. The van der Waals surface area contributed by atoms with E-state index in [4.69, 9.17) is 4.74 Å². The normalized spacial score (nSPS) is 15.8. The van der Waals surface area contributed by atoms with Gasteiger partial charge in [0.15, 0.2) is 5.96 Å². The summed E-state index contributed by atoms with van der Waals surface area (Å²) in [4.78, 5) is 18.8. The highest BCUT2D eigenvalue weighted by molar-refractivity contribution is 5.94. The van der Waals surface area contributed by atoms with Crippen LogP contribution < -0.4 is 16.0 Å². The molecule has 0 bridgehead atoms. The van der Waals surface area contributed by atoms with E-state index in [2.05, 4.69) is 20.9 Å². The molecule has 1 aliphatic rings. The number of hydrogen-bond acceptors (Lipinski definition) is 4. The van der Waals surface area contributed by atoms with Crippen molar-refractivity contribution in [2.75, 3.05) is 54.0 Å². The third kappa shape index (κ3) is 8.87. The second-order valence-corrected chi connectivity index (χ2v) is 8.69. The van der Waals surface area contributed by atoms with Crippen molar-refractivity contribution < 1.29 is 9.53 Å². The molecule has 31 heavy (non-hydrogen) atoms. The largest absolute Gasteiger partial charge is 0.382 e. The van der Waals surface area contributed by atoms with Gasteiger partial charge in [0.1, 0.15) is 0 Å². The van der Waals surface area contributed by atoms with Crippen LogP contribution in [0.4, 0.5) is 0 Å². The van der Waals surface area contributed by atoms with Crippen molar-refractivity contribution in [3.8, 4) is 0 Å². The number of aliphatic imine (C=N–C) groups is 1. The molecule has 1 aliphatic carbocycles. The second kappa shape index (κ2) is 13.3. The molecule has 1 fully saturated rings. The van der Waals surface area contributed by atoms with Crippen molar-refractivity contribution in [1.82, 2.24) is 20.9 Å². The number of rotatable bonds is 12. The SMILES string of the molecule is CCOCCC1(CNC(=NC)NCc2cccc(C(=O)NCCN(C)C)c2)CCCC1. The molecule has 0 heterocycles.